The minimum absolute atomic E-state index is 0.0106. The molecule has 1 aromatic carbocycles. The van der Waals surface area contributed by atoms with Gasteiger partial charge in [0.25, 0.3) is 0 Å². The lowest BCUT2D eigenvalue weighted by molar-refractivity contribution is -0.142. The molecule has 1 saturated carbocycles. The lowest BCUT2D eigenvalue weighted by atomic mass is 10.1. The first-order chi connectivity index (χ1) is 10.5. The molecule has 0 saturated heterocycles. The van der Waals surface area contributed by atoms with E-state index in [1.54, 1.807) is 18.9 Å². The first kappa shape index (κ1) is 16.7. The fraction of sp³-hybridized carbons (Fsp3) is 0.500. The van der Waals surface area contributed by atoms with E-state index < -0.39 is 11.9 Å². The van der Waals surface area contributed by atoms with Gasteiger partial charge < -0.3 is 14.7 Å². The van der Waals surface area contributed by atoms with Crippen LogP contribution in [0.25, 0.3) is 0 Å². The number of ether oxygens (including phenoxy) is 1. The van der Waals surface area contributed by atoms with E-state index in [0.717, 1.165) is 23.5 Å². The molecular weight excluding hydrogens is 302 g/mol. The van der Waals surface area contributed by atoms with Crippen LogP contribution in [0.15, 0.2) is 29.2 Å². The zero-order valence-corrected chi connectivity index (χ0v) is 13.6. The lowest BCUT2D eigenvalue weighted by Gasteiger charge is -2.24. The predicted molar refractivity (Wildman–Crippen MR) is 85.3 cm³/mol. The summed E-state index contributed by atoms with van der Waals surface area (Å²) in [7, 11) is 1.61. The molecule has 120 valence electrons. The highest BCUT2D eigenvalue weighted by Gasteiger charge is 2.34. The van der Waals surface area contributed by atoms with Crippen LogP contribution in [-0.4, -0.2) is 47.3 Å². The smallest absolute Gasteiger partial charge is 0.308 e. The summed E-state index contributed by atoms with van der Waals surface area (Å²) >= 11 is 1.46. The van der Waals surface area contributed by atoms with Gasteiger partial charge >= 0.3 is 5.97 Å². The second-order valence-electron chi connectivity index (χ2n) is 5.48. The Hall–Kier alpha value is -1.69. The molecule has 0 aromatic heterocycles. The predicted octanol–water partition coefficient (Wildman–Crippen LogP) is 2.50. The van der Waals surface area contributed by atoms with Crippen LogP contribution in [0.1, 0.15) is 19.8 Å². The molecule has 1 N–H and O–H groups in total. The minimum Gasteiger partial charge on any atom is -0.497 e. The van der Waals surface area contributed by atoms with Crippen molar-refractivity contribution in [3.63, 3.8) is 0 Å². The number of carboxylic acids is 1. The highest BCUT2D eigenvalue weighted by Crippen LogP contribution is 2.29. The van der Waals surface area contributed by atoms with Gasteiger partial charge in [-0.2, -0.15) is 0 Å². The number of carbonyl (C=O) groups is 2. The number of rotatable bonds is 8. The van der Waals surface area contributed by atoms with Crippen LogP contribution < -0.4 is 4.74 Å². The lowest BCUT2D eigenvalue weighted by Crippen LogP contribution is -2.39. The maximum absolute atomic E-state index is 12.4. The van der Waals surface area contributed by atoms with E-state index in [1.807, 2.05) is 24.3 Å². The maximum atomic E-state index is 12.4. The average Bonchev–Trinajstić information content (AvgIpc) is 3.35. The molecule has 1 aliphatic carbocycles. The van der Waals surface area contributed by atoms with Gasteiger partial charge in [-0.3, -0.25) is 9.59 Å². The van der Waals surface area contributed by atoms with E-state index in [2.05, 4.69) is 0 Å². The van der Waals surface area contributed by atoms with Crippen molar-refractivity contribution in [3.05, 3.63) is 24.3 Å². The number of methoxy groups -OCH3 is 1. The molecule has 6 heteroatoms. The molecule has 1 amide bonds. The van der Waals surface area contributed by atoms with Crippen molar-refractivity contribution in [2.45, 2.75) is 30.7 Å². The largest absolute Gasteiger partial charge is 0.497 e. The quantitative estimate of drug-likeness (QED) is 0.745. The van der Waals surface area contributed by atoms with Gasteiger partial charge in [-0.05, 0) is 37.1 Å². The Kier molecular flexibility index (Phi) is 5.71. The maximum Gasteiger partial charge on any atom is 0.308 e. The van der Waals surface area contributed by atoms with Crippen LogP contribution in [-0.2, 0) is 9.59 Å². The number of hydrogen-bond acceptors (Lipinski definition) is 4. The Morgan fingerprint density at radius 2 is 2.00 bits per heavy atom. The molecule has 0 radical (unpaired) electrons. The van der Waals surface area contributed by atoms with Crippen molar-refractivity contribution in [2.24, 2.45) is 5.92 Å². The summed E-state index contributed by atoms with van der Waals surface area (Å²) in [5.74, 6) is -0.270. The van der Waals surface area contributed by atoms with Gasteiger partial charge in [-0.25, -0.2) is 0 Å². The molecule has 2 rings (SSSR count). The van der Waals surface area contributed by atoms with Crippen molar-refractivity contribution >= 4 is 23.6 Å². The van der Waals surface area contributed by atoms with E-state index in [9.17, 15) is 9.59 Å². The van der Waals surface area contributed by atoms with Crippen molar-refractivity contribution < 1.29 is 19.4 Å². The van der Waals surface area contributed by atoms with Gasteiger partial charge in [0.2, 0.25) is 5.91 Å². The highest BCUT2D eigenvalue weighted by molar-refractivity contribution is 8.00. The van der Waals surface area contributed by atoms with Crippen LogP contribution in [0.5, 0.6) is 5.75 Å². The Balaban J connectivity index is 1.89. The summed E-state index contributed by atoms with van der Waals surface area (Å²) < 4.78 is 5.10. The number of hydrogen-bond donors (Lipinski definition) is 1. The van der Waals surface area contributed by atoms with Crippen molar-refractivity contribution in [1.29, 1.82) is 0 Å². The van der Waals surface area contributed by atoms with Crippen molar-refractivity contribution in [3.8, 4) is 5.75 Å². The first-order valence-corrected chi connectivity index (χ1v) is 8.29. The molecule has 1 unspecified atom stereocenters. The summed E-state index contributed by atoms with van der Waals surface area (Å²) in [6, 6.07) is 7.78. The zero-order chi connectivity index (χ0) is 16.1. The molecule has 1 fully saturated rings. The molecule has 0 bridgehead atoms. The topological polar surface area (TPSA) is 66.8 Å². The fourth-order valence-electron chi connectivity index (χ4n) is 2.11. The third-order valence-electron chi connectivity index (χ3n) is 3.62. The summed E-state index contributed by atoms with van der Waals surface area (Å²) in [4.78, 5) is 26.1. The standard InChI is InChI=1S/C16H21NO4S/c1-11(16(19)20)9-17(12-3-4-12)15(18)10-22-14-7-5-13(21-2)6-8-14/h5-8,11-12H,3-4,9-10H2,1-2H3,(H,19,20). The molecule has 5 nitrogen and oxygen atoms in total. The molecule has 1 aliphatic rings. The first-order valence-electron chi connectivity index (χ1n) is 7.30. The number of amides is 1. The van der Waals surface area contributed by atoms with Gasteiger partial charge in [0.05, 0.1) is 18.8 Å². The monoisotopic (exact) mass is 323 g/mol. The van der Waals surface area contributed by atoms with Gasteiger partial charge in [-0.1, -0.05) is 6.92 Å². The van der Waals surface area contributed by atoms with Crippen LogP contribution in [0.4, 0.5) is 0 Å². The number of nitrogens with zero attached hydrogens (tertiary/aromatic N) is 1. The highest BCUT2D eigenvalue weighted by atomic mass is 32.2. The van der Waals surface area contributed by atoms with Crippen LogP contribution in [0, 0.1) is 5.92 Å². The normalized spacial score (nSPS) is 15.2. The van der Waals surface area contributed by atoms with E-state index in [4.69, 9.17) is 9.84 Å². The number of benzene rings is 1. The molecule has 22 heavy (non-hydrogen) atoms. The number of carbonyl (C=O) groups excluding carboxylic acids is 1. The molecular formula is C16H21NO4S. The number of carboxylic acid groups (broad SMARTS) is 1. The van der Waals surface area contributed by atoms with Crippen LogP contribution in [0.2, 0.25) is 0 Å². The SMILES string of the molecule is COc1ccc(SCC(=O)N(CC(C)C(=O)O)C2CC2)cc1. The van der Waals surface area contributed by atoms with E-state index in [1.165, 1.54) is 11.8 Å². The van der Waals surface area contributed by atoms with Gasteiger partial charge in [0, 0.05) is 17.5 Å². The summed E-state index contributed by atoms with van der Waals surface area (Å²) in [5, 5.41) is 9.02. The minimum atomic E-state index is -0.860. The zero-order valence-electron chi connectivity index (χ0n) is 12.8. The Morgan fingerprint density at radius 3 is 2.50 bits per heavy atom. The Labute approximate surface area is 134 Å². The Bertz CT molecular complexity index is 527. The number of aliphatic carboxylic acids is 1. The molecule has 0 aliphatic heterocycles. The van der Waals surface area contributed by atoms with Crippen LogP contribution in [0.3, 0.4) is 0 Å². The van der Waals surface area contributed by atoms with Gasteiger partial charge in [0.15, 0.2) is 0 Å². The van der Waals surface area contributed by atoms with E-state index >= 15 is 0 Å². The van der Waals surface area contributed by atoms with E-state index in [-0.39, 0.29) is 11.9 Å². The van der Waals surface area contributed by atoms with E-state index in [0.29, 0.717) is 12.3 Å². The van der Waals surface area contributed by atoms with Gasteiger partial charge in [-0.15, -0.1) is 11.8 Å². The third kappa shape index (κ3) is 4.66. The molecule has 0 spiro atoms. The summed E-state index contributed by atoms with van der Waals surface area (Å²) in [6.45, 7) is 1.93. The molecule has 1 aromatic rings. The Morgan fingerprint density at radius 1 is 1.36 bits per heavy atom. The fourth-order valence-corrected chi connectivity index (χ4v) is 2.90. The number of thioether (sulfide) groups is 1. The van der Waals surface area contributed by atoms with Crippen LogP contribution >= 0.6 is 11.8 Å². The summed E-state index contributed by atoms with van der Waals surface area (Å²) in [6.07, 6.45) is 1.95. The second kappa shape index (κ2) is 7.54. The third-order valence-corrected chi connectivity index (χ3v) is 4.62. The second-order valence-corrected chi connectivity index (χ2v) is 6.53. The summed E-state index contributed by atoms with van der Waals surface area (Å²) in [5.41, 5.74) is 0. The van der Waals surface area contributed by atoms with Gasteiger partial charge in [0.1, 0.15) is 5.75 Å². The van der Waals surface area contributed by atoms with Crippen molar-refractivity contribution in [2.75, 3.05) is 19.4 Å². The van der Waals surface area contributed by atoms with Crippen molar-refractivity contribution in [1.82, 2.24) is 4.90 Å². The molecule has 1 atom stereocenters. The molecule has 0 heterocycles. The average molecular weight is 323 g/mol.